The van der Waals surface area contributed by atoms with E-state index in [2.05, 4.69) is 222 Å². The van der Waals surface area contributed by atoms with Crippen LogP contribution in [0.15, 0.2) is 229 Å². The quantitative estimate of drug-likeness (QED) is 0.184. The maximum atomic E-state index is 6.39. The summed E-state index contributed by atoms with van der Waals surface area (Å²) < 4.78 is 8.92. The number of para-hydroxylation sites is 1. The maximum Gasteiger partial charge on any atom is 0.223 e. The molecule has 0 fully saturated rings. The molecule has 64 heavy (non-hydrogen) atoms. The number of nitrogens with zero attached hydrogens (tertiary/aromatic N) is 1. The maximum absolute atomic E-state index is 6.39. The molecule has 0 bridgehead atoms. The van der Waals surface area contributed by atoms with Crippen LogP contribution in [-0.2, 0) is 5.41 Å². The zero-order chi connectivity index (χ0) is 41.9. The standard InChI is InChI=1S/C61H38N2O/c1-3-18-42(19-4-1)61(43-20-5-2-6-21-43)52-27-13-11-25-49(52)58-50(26-15-28-53(58)61)59-47-23-9-10-24-48(47)60(62-59)63-54-36-40(41-31-33-46-45-22-12-14-29-56(45)64-57(46)37-41)30-32-44(54)51-34-38-16-7-8-17-39(38)35-55(51)63/h1-37,62H/p+1. The van der Waals surface area contributed by atoms with E-state index in [0.717, 1.165) is 33.1 Å². The lowest BCUT2D eigenvalue weighted by Gasteiger charge is -2.33. The molecule has 0 atom stereocenters. The Kier molecular flexibility index (Phi) is 7.39. The van der Waals surface area contributed by atoms with Crippen LogP contribution in [0.2, 0.25) is 0 Å². The minimum absolute atomic E-state index is 0.481. The Labute approximate surface area is 369 Å². The Morgan fingerprint density at radius 1 is 0.391 bits per heavy atom. The largest absolute Gasteiger partial charge is 0.456 e. The predicted octanol–water partition coefficient (Wildman–Crippen LogP) is 12.2. The molecule has 298 valence electrons. The third-order valence-corrected chi connectivity index (χ3v) is 14.1. The molecular weight excluding hydrogens is 777 g/mol. The molecular formula is C61H39N2O+. The zero-order valence-electron chi connectivity index (χ0n) is 34.8. The average molecular weight is 816 g/mol. The van der Waals surface area contributed by atoms with Gasteiger partial charge in [-0.2, -0.15) is 0 Å². The summed E-state index contributed by atoms with van der Waals surface area (Å²) in [7, 11) is 0. The van der Waals surface area contributed by atoms with Gasteiger partial charge in [0.05, 0.1) is 26.9 Å². The van der Waals surface area contributed by atoms with Crippen LogP contribution in [0.25, 0.3) is 88.3 Å². The first kappa shape index (κ1) is 35.4. The van der Waals surface area contributed by atoms with E-state index in [-0.39, 0.29) is 0 Å². The first-order valence-corrected chi connectivity index (χ1v) is 22.2. The number of hydrogen-bond donors (Lipinski definition) is 1. The number of fused-ring (bicyclic) bond motifs is 11. The van der Waals surface area contributed by atoms with E-state index in [0.29, 0.717) is 0 Å². The van der Waals surface area contributed by atoms with Gasteiger partial charge in [-0.3, -0.25) is 9.88 Å². The van der Waals surface area contributed by atoms with Crippen molar-refractivity contribution in [2.45, 2.75) is 5.41 Å². The van der Waals surface area contributed by atoms with Crippen molar-refractivity contribution >= 4 is 66.0 Å². The van der Waals surface area contributed by atoms with Crippen molar-refractivity contribution in [1.82, 2.24) is 4.57 Å². The first-order valence-electron chi connectivity index (χ1n) is 22.2. The van der Waals surface area contributed by atoms with E-state index in [1.54, 1.807) is 0 Å². The summed E-state index contributed by atoms with van der Waals surface area (Å²) in [4.78, 5) is 0. The van der Waals surface area contributed by atoms with Crippen LogP contribution in [0.5, 0.6) is 0 Å². The highest BCUT2D eigenvalue weighted by molar-refractivity contribution is 6.15. The van der Waals surface area contributed by atoms with Gasteiger partial charge >= 0.3 is 0 Å². The molecule has 2 aromatic heterocycles. The van der Waals surface area contributed by atoms with Gasteiger partial charge in [0.2, 0.25) is 5.82 Å². The van der Waals surface area contributed by atoms with Crippen molar-refractivity contribution < 1.29 is 9.73 Å². The monoisotopic (exact) mass is 815 g/mol. The van der Waals surface area contributed by atoms with E-state index in [9.17, 15) is 0 Å². The van der Waals surface area contributed by atoms with Crippen molar-refractivity contribution in [3.63, 3.8) is 0 Å². The molecule has 3 heteroatoms. The number of hydrogen-bond acceptors (Lipinski definition) is 1. The van der Waals surface area contributed by atoms with E-state index < -0.39 is 5.41 Å². The Balaban J connectivity index is 1.02. The van der Waals surface area contributed by atoms with E-state index >= 15 is 0 Å². The Bertz CT molecular complexity index is 4000. The van der Waals surface area contributed by atoms with Crippen LogP contribution in [0.3, 0.4) is 0 Å². The van der Waals surface area contributed by atoms with Crippen molar-refractivity contribution in [2.75, 3.05) is 0 Å². The zero-order valence-corrected chi connectivity index (χ0v) is 34.8. The van der Waals surface area contributed by atoms with Crippen LogP contribution < -0.4 is 15.8 Å². The van der Waals surface area contributed by atoms with Gasteiger partial charge in [0.1, 0.15) is 11.2 Å². The van der Waals surface area contributed by atoms with Crippen molar-refractivity contribution in [3.8, 4) is 22.3 Å². The highest BCUT2D eigenvalue weighted by atomic mass is 16.3. The van der Waals surface area contributed by atoms with Crippen molar-refractivity contribution in [1.29, 1.82) is 0 Å². The van der Waals surface area contributed by atoms with Crippen LogP contribution in [0, 0.1) is 0 Å². The molecule has 14 rings (SSSR count). The van der Waals surface area contributed by atoms with Crippen LogP contribution in [-0.4, -0.2) is 4.57 Å². The number of aromatic nitrogens is 1. The van der Waals surface area contributed by atoms with Gasteiger partial charge in [0.25, 0.3) is 0 Å². The van der Waals surface area contributed by atoms with E-state index in [1.165, 1.54) is 93.5 Å². The second kappa shape index (κ2) is 13.4. The van der Waals surface area contributed by atoms with Crippen molar-refractivity contribution in [2.24, 2.45) is 0 Å². The molecule has 0 saturated heterocycles. The van der Waals surface area contributed by atoms with Gasteiger partial charge in [0, 0.05) is 32.7 Å². The number of furan rings is 1. The molecule has 3 heterocycles. The molecule has 0 amide bonds. The molecule has 2 N–H and O–H groups in total. The molecule has 0 radical (unpaired) electrons. The molecule has 2 aliphatic rings. The summed E-state index contributed by atoms with van der Waals surface area (Å²) in [5, 5.41) is 12.1. The Morgan fingerprint density at radius 2 is 0.984 bits per heavy atom. The molecule has 1 aliphatic carbocycles. The fraction of sp³-hybridized carbons (Fsp3) is 0.0164. The summed E-state index contributed by atoms with van der Waals surface area (Å²) in [6.45, 7) is 0. The molecule has 10 aromatic carbocycles. The minimum atomic E-state index is -0.481. The SMILES string of the molecule is c1ccc(C2(c3ccccc3)c3ccccc3-c3c(C4=c5ccccc5=C(n5c6cc(-c7ccc8c(c7)oc7ccccc78)ccc6c6cc7ccccc7cc65)[NH2+]4)cccc32)cc1. The van der Waals surface area contributed by atoms with E-state index in [4.69, 9.17) is 4.42 Å². The smallest absolute Gasteiger partial charge is 0.223 e. The van der Waals surface area contributed by atoms with Crippen LogP contribution in [0.1, 0.15) is 27.8 Å². The molecule has 1 aliphatic heterocycles. The lowest BCUT2D eigenvalue weighted by molar-refractivity contribution is -0.465. The highest BCUT2D eigenvalue weighted by Crippen LogP contribution is 2.57. The number of quaternary nitrogens is 1. The second-order valence-corrected chi connectivity index (χ2v) is 17.3. The third kappa shape index (κ3) is 4.84. The Hall–Kier alpha value is -8.24. The summed E-state index contributed by atoms with van der Waals surface area (Å²) in [5.41, 5.74) is 16.2. The summed E-state index contributed by atoms with van der Waals surface area (Å²) in [5.74, 6) is 1.17. The third-order valence-electron chi connectivity index (χ3n) is 14.1. The second-order valence-electron chi connectivity index (χ2n) is 17.3. The molecule has 12 aromatic rings. The minimum Gasteiger partial charge on any atom is -0.456 e. The van der Waals surface area contributed by atoms with Gasteiger partial charge < -0.3 is 4.42 Å². The molecule has 0 spiro atoms. The number of rotatable bonds is 5. The molecule has 0 unspecified atom stereocenters. The molecule has 3 nitrogen and oxygen atoms in total. The number of benzene rings is 10. The van der Waals surface area contributed by atoms with E-state index in [1.807, 2.05) is 12.1 Å². The summed E-state index contributed by atoms with van der Waals surface area (Å²) in [6, 6.07) is 82.7. The summed E-state index contributed by atoms with van der Waals surface area (Å²) in [6.07, 6.45) is 0. The predicted molar refractivity (Wildman–Crippen MR) is 262 cm³/mol. The summed E-state index contributed by atoms with van der Waals surface area (Å²) >= 11 is 0. The lowest BCUT2D eigenvalue weighted by atomic mass is 9.67. The van der Waals surface area contributed by atoms with Crippen molar-refractivity contribution in [3.05, 3.63) is 263 Å². The van der Waals surface area contributed by atoms with Gasteiger partial charge in [-0.15, -0.1) is 0 Å². The lowest BCUT2D eigenvalue weighted by Crippen LogP contribution is -2.79. The fourth-order valence-electron chi connectivity index (χ4n) is 11.4. The fourth-order valence-corrected chi connectivity index (χ4v) is 11.4. The van der Waals surface area contributed by atoms with Crippen LogP contribution >= 0.6 is 0 Å². The topological polar surface area (TPSA) is 34.7 Å². The van der Waals surface area contributed by atoms with Gasteiger partial charge in [-0.25, -0.2) is 0 Å². The number of nitrogens with two attached hydrogens (primary N) is 1. The van der Waals surface area contributed by atoms with Gasteiger partial charge in [-0.05, 0) is 104 Å². The normalized spacial score (nSPS) is 13.9. The van der Waals surface area contributed by atoms with Crippen LogP contribution in [0.4, 0.5) is 0 Å². The Morgan fingerprint density at radius 3 is 1.80 bits per heavy atom. The first-order chi connectivity index (χ1) is 31.7. The average Bonchev–Trinajstić information content (AvgIpc) is 4.10. The van der Waals surface area contributed by atoms with Gasteiger partial charge in [-0.1, -0.05) is 170 Å². The van der Waals surface area contributed by atoms with Gasteiger partial charge in [0.15, 0.2) is 5.70 Å². The molecule has 0 saturated carbocycles. The highest BCUT2D eigenvalue weighted by Gasteiger charge is 2.47.